The average molecular weight is 213 g/mol. The van der Waals surface area contributed by atoms with Crippen molar-refractivity contribution in [3.8, 4) is 0 Å². The Balaban J connectivity index is 2.40. The maximum atomic E-state index is 9.68. The van der Waals surface area contributed by atoms with Gasteiger partial charge in [-0.25, -0.2) is 0 Å². The number of ether oxygens (including phenoxy) is 1. The van der Waals surface area contributed by atoms with Gasteiger partial charge in [0.15, 0.2) is 0 Å². The van der Waals surface area contributed by atoms with E-state index in [2.05, 4.69) is 10.3 Å². The highest BCUT2D eigenvalue weighted by Gasteiger charge is 2.19. The van der Waals surface area contributed by atoms with Gasteiger partial charge in [0.05, 0.1) is 6.20 Å². The topological polar surface area (TPSA) is 60.2 Å². The molecule has 0 fully saturated rings. The van der Waals surface area contributed by atoms with E-state index >= 15 is 0 Å². The molecule has 0 amide bonds. The molecule has 1 rings (SSSR count). The van der Waals surface area contributed by atoms with Gasteiger partial charge in [0.2, 0.25) is 0 Å². The Morgan fingerprint density at radius 3 is 2.73 bits per heavy atom. The molecule has 0 spiro atoms. The Labute approximate surface area is 90.1 Å². The number of rotatable bonds is 6. The number of hydrogen-bond donors (Lipinski definition) is 1. The van der Waals surface area contributed by atoms with Crippen LogP contribution in [0.2, 0.25) is 0 Å². The predicted octanol–water partition coefficient (Wildman–Crippen LogP) is 0.932. The van der Waals surface area contributed by atoms with Crippen LogP contribution in [0.15, 0.2) is 6.20 Å². The average Bonchev–Trinajstić information content (AvgIpc) is 2.60. The minimum absolute atomic E-state index is 0.606. The number of aliphatic hydroxyl groups is 1. The van der Waals surface area contributed by atoms with Crippen LogP contribution in [0.3, 0.4) is 0 Å². The Morgan fingerprint density at radius 1 is 1.47 bits per heavy atom. The van der Waals surface area contributed by atoms with E-state index < -0.39 is 5.60 Å². The van der Waals surface area contributed by atoms with Gasteiger partial charge in [-0.05, 0) is 26.7 Å². The van der Waals surface area contributed by atoms with E-state index in [1.165, 1.54) is 0 Å². The normalized spacial score (nSPS) is 12.0. The Bertz CT molecular complexity index is 291. The molecule has 0 aromatic carbocycles. The van der Waals surface area contributed by atoms with Crippen molar-refractivity contribution in [2.45, 2.75) is 38.8 Å². The van der Waals surface area contributed by atoms with Gasteiger partial charge in [-0.15, -0.1) is 5.10 Å². The van der Waals surface area contributed by atoms with Crippen LogP contribution < -0.4 is 0 Å². The molecule has 1 N–H and O–H groups in total. The summed E-state index contributed by atoms with van der Waals surface area (Å²) in [5, 5.41) is 17.5. The van der Waals surface area contributed by atoms with Gasteiger partial charge >= 0.3 is 0 Å². The first kappa shape index (κ1) is 12.1. The summed E-state index contributed by atoms with van der Waals surface area (Å²) in [6.07, 6.45) is 3.80. The van der Waals surface area contributed by atoms with Crippen LogP contribution in [-0.2, 0) is 16.9 Å². The van der Waals surface area contributed by atoms with Gasteiger partial charge in [0.25, 0.3) is 0 Å². The van der Waals surface area contributed by atoms with Crippen LogP contribution in [0.25, 0.3) is 0 Å². The number of aryl methyl sites for hydroxylation is 1. The molecule has 1 aromatic heterocycles. The Kier molecular flexibility index (Phi) is 4.23. The highest BCUT2D eigenvalue weighted by Crippen LogP contribution is 2.15. The number of hydrogen-bond acceptors (Lipinski definition) is 4. The summed E-state index contributed by atoms with van der Waals surface area (Å²) in [7, 11) is 1.70. The van der Waals surface area contributed by atoms with Gasteiger partial charge in [0.1, 0.15) is 11.3 Å². The third-order valence-corrected chi connectivity index (χ3v) is 2.15. The molecule has 15 heavy (non-hydrogen) atoms. The van der Waals surface area contributed by atoms with Gasteiger partial charge in [-0.2, -0.15) is 0 Å². The molecule has 0 bridgehead atoms. The van der Waals surface area contributed by atoms with Crippen LogP contribution in [0.1, 0.15) is 32.4 Å². The number of aromatic nitrogens is 3. The van der Waals surface area contributed by atoms with E-state index in [0.29, 0.717) is 5.69 Å². The number of methoxy groups -OCH3 is 1. The monoisotopic (exact) mass is 213 g/mol. The molecule has 0 aliphatic carbocycles. The second kappa shape index (κ2) is 5.23. The highest BCUT2D eigenvalue weighted by molar-refractivity contribution is 5.02. The first-order valence-electron chi connectivity index (χ1n) is 5.16. The predicted molar refractivity (Wildman–Crippen MR) is 56.4 cm³/mol. The lowest BCUT2D eigenvalue weighted by molar-refractivity contribution is 0.0737. The quantitative estimate of drug-likeness (QED) is 0.714. The molecule has 0 aliphatic rings. The summed E-state index contributed by atoms with van der Waals surface area (Å²) in [5.41, 5.74) is -0.306. The van der Waals surface area contributed by atoms with E-state index in [1.54, 1.807) is 31.8 Å². The number of unbranched alkanes of at least 4 members (excludes halogenated alkanes) is 1. The molecule has 0 atom stereocenters. The van der Waals surface area contributed by atoms with Crippen molar-refractivity contribution in [1.29, 1.82) is 0 Å². The summed E-state index contributed by atoms with van der Waals surface area (Å²) in [6, 6.07) is 0. The van der Waals surface area contributed by atoms with E-state index in [-0.39, 0.29) is 0 Å². The molecule has 0 aliphatic heterocycles. The second-order valence-electron chi connectivity index (χ2n) is 4.13. The molecule has 0 unspecified atom stereocenters. The minimum Gasteiger partial charge on any atom is -0.385 e. The standard InChI is InChI=1S/C10H19N3O2/c1-10(2,14)9-8-13(12-11-9)6-4-5-7-15-3/h8,14H,4-7H2,1-3H3. The third kappa shape index (κ3) is 3.97. The van der Waals surface area contributed by atoms with Crippen molar-refractivity contribution >= 4 is 0 Å². The van der Waals surface area contributed by atoms with E-state index in [1.807, 2.05) is 0 Å². The number of nitrogens with zero attached hydrogens (tertiary/aromatic N) is 3. The first-order chi connectivity index (χ1) is 7.04. The Morgan fingerprint density at radius 2 is 2.20 bits per heavy atom. The minimum atomic E-state index is -0.912. The third-order valence-electron chi connectivity index (χ3n) is 2.15. The lowest BCUT2D eigenvalue weighted by Gasteiger charge is -2.11. The van der Waals surface area contributed by atoms with E-state index in [4.69, 9.17) is 4.74 Å². The van der Waals surface area contributed by atoms with Crippen LogP contribution in [0, 0.1) is 0 Å². The molecule has 5 nitrogen and oxygen atoms in total. The molecule has 1 heterocycles. The molecule has 0 radical (unpaired) electrons. The van der Waals surface area contributed by atoms with E-state index in [0.717, 1.165) is 26.0 Å². The highest BCUT2D eigenvalue weighted by atomic mass is 16.5. The molecule has 0 saturated heterocycles. The van der Waals surface area contributed by atoms with Crippen LogP contribution >= 0.6 is 0 Å². The lowest BCUT2D eigenvalue weighted by atomic mass is 10.1. The molecular weight excluding hydrogens is 194 g/mol. The lowest BCUT2D eigenvalue weighted by Crippen LogP contribution is -2.15. The molecule has 0 saturated carbocycles. The van der Waals surface area contributed by atoms with Gasteiger partial charge < -0.3 is 9.84 Å². The molecule has 86 valence electrons. The van der Waals surface area contributed by atoms with Crippen LogP contribution in [-0.4, -0.2) is 33.8 Å². The van der Waals surface area contributed by atoms with Gasteiger partial charge in [-0.3, -0.25) is 4.68 Å². The maximum Gasteiger partial charge on any atom is 0.114 e. The van der Waals surface area contributed by atoms with Crippen LogP contribution in [0.4, 0.5) is 0 Å². The zero-order valence-electron chi connectivity index (χ0n) is 9.60. The van der Waals surface area contributed by atoms with Crippen molar-refractivity contribution in [1.82, 2.24) is 15.0 Å². The first-order valence-corrected chi connectivity index (χ1v) is 5.16. The Hall–Kier alpha value is -0.940. The summed E-state index contributed by atoms with van der Waals surface area (Å²) < 4.78 is 6.71. The van der Waals surface area contributed by atoms with Crippen LogP contribution in [0.5, 0.6) is 0 Å². The summed E-state index contributed by atoms with van der Waals surface area (Å²) in [4.78, 5) is 0. The van der Waals surface area contributed by atoms with Gasteiger partial charge in [0, 0.05) is 20.3 Å². The molecule has 1 aromatic rings. The zero-order chi connectivity index (χ0) is 11.3. The fourth-order valence-corrected chi connectivity index (χ4v) is 1.21. The zero-order valence-corrected chi connectivity index (χ0v) is 9.60. The van der Waals surface area contributed by atoms with Crippen molar-refractivity contribution in [2.75, 3.05) is 13.7 Å². The fourth-order valence-electron chi connectivity index (χ4n) is 1.21. The van der Waals surface area contributed by atoms with Crippen molar-refractivity contribution in [2.24, 2.45) is 0 Å². The van der Waals surface area contributed by atoms with Crippen molar-refractivity contribution in [3.63, 3.8) is 0 Å². The summed E-state index contributed by atoms with van der Waals surface area (Å²) in [5.74, 6) is 0. The maximum absolute atomic E-state index is 9.68. The summed E-state index contributed by atoms with van der Waals surface area (Å²) in [6.45, 7) is 4.98. The van der Waals surface area contributed by atoms with Gasteiger partial charge in [-0.1, -0.05) is 5.21 Å². The largest absolute Gasteiger partial charge is 0.385 e. The smallest absolute Gasteiger partial charge is 0.114 e. The molecule has 5 heteroatoms. The van der Waals surface area contributed by atoms with Crippen molar-refractivity contribution < 1.29 is 9.84 Å². The van der Waals surface area contributed by atoms with E-state index in [9.17, 15) is 5.11 Å². The second-order valence-corrected chi connectivity index (χ2v) is 4.13. The molecular formula is C10H19N3O2. The van der Waals surface area contributed by atoms with Crippen molar-refractivity contribution in [3.05, 3.63) is 11.9 Å². The SMILES string of the molecule is COCCCCn1cc(C(C)(C)O)nn1. The summed E-state index contributed by atoms with van der Waals surface area (Å²) >= 11 is 0. The fraction of sp³-hybridized carbons (Fsp3) is 0.800.